The standard InChI is InChI=1S/C11H11F3O7S/c12-11(13,14)9-7(21-10(17)6(4-15)5-16)2-1-3-8(9)22(18,19)20/h1-3,6,15-16H,4-5H2,(H,18,19,20)/p-1. The molecule has 22 heavy (non-hydrogen) atoms. The first-order valence-corrected chi connectivity index (χ1v) is 7.02. The summed E-state index contributed by atoms with van der Waals surface area (Å²) in [6.45, 7) is -1.79. The number of alkyl halides is 3. The van der Waals surface area contributed by atoms with Gasteiger partial charge >= 0.3 is 12.1 Å². The Morgan fingerprint density at radius 3 is 2.23 bits per heavy atom. The molecule has 0 unspecified atom stereocenters. The van der Waals surface area contributed by atoms with Gasteiger partial charge in [-0.05, 0) is 12.1 Å². The highest BCUT2D eigenvalue weighted by molar-refractivity contribution is 7.85. The minimum absolute atomic E-state index is 0.429. The number of rotatable bonds is 5. The van der Waals surface area contributed by atoms with E-state index in [-0.39, 0.29) is 0 Å². The quantitative estimate of drug-likeness (QED) is 0.442. The Balaban J connectivity index is 3.41. The van der Waals surface area contributed by atoms with Crippen molar-refractivity contribution < 1.29 is 45.9 Å². The number of aliphatic hydroxyl groups is 2. The molecule has 0 aliphatic heterocycles. The van der Waals surface area contributed by atoms with Crippen molar-refractivity contribution in [1.29, 1.82) is 0 Å². The van der Waals surface area contributed by atoms with Crippen LogP contribution in [-0.2, 0) is 21.1 Å². The molecule has 0 amide bonds. The summed E-state index contributed by atoms with van der Waals surface area (Å²) < 4.78 is 76.0. The smallest absolute Gasteiger partial charge is 0.421 e. The Bertz CT molecular complexity index is 650. The highest BCUT2D eigenvalue weighted by atomic mass is 32.2. The Hall–Kier alpha value is -1.69. The van der Waals surface area contributed by atoms with E-state index in [4.69, 9.17) is 10.2 Å². The normalized spacial score (nSPS) is 12.5. The molecule has 0 bridgehead atoms. The van der Waals surface area contributed by atoms with Crippen molar-refractivity contribution in [3.8, 4) is 5.75 Å². The molecule has 0 atom stereocenters. The SMILES string of the molecule is O=C(Oc1cccc(S(=O)(=O)[O-])c1C(F)(F)F)C(CO)CO. The van der Waals surface area contributed by atoms with Crippen molar-refractivity contribution in [3.63, 3.8) is 0 Å². The number of halogens is 3. The molecule has 0 heterocycles. The van der Waals surface area contributed by atoms with Crippen LogP contribution in [0, 0.1) is 5.92 Å². The van der Waals surface area contributed by atoms with Crippen LogP contribution in [0.2, 0.25) is 0 Å². The number of hydrogen-bond donors (Lipinski definition) is 2. The third kappa shape index (κ3) is 4.16. The van der Waals surface area contributed by atoms with Crippen LogP contribution in [0.25, 0.3) is 0 Å². The lowest BCUT2D eigenvalue weighted by molar-refractivity contribution is -0.147. The van der Waals surface area contributed by atoms with E-state index in [1.165, 1.54) is 0 Å². The molecule has 0 radical (unpaired) electrons. The van der Waals surface area contributed by atoms with Gasteiger partial charge in [0.25, 0.3) is 0 Å². The molecule has 0 aliphatic rings. The monoisotopic (exact) mass is 343 g/mol. The van der Waals surface area contributed by atoms with Crippen LogP contribution in [0.5, 0.6) is 5.75 Å². The predicted molar refractivity (Wildman–Crippen MR) is 62.7 cm³/mol. The number of hydrogen-bond acceptors (Lipinski definition) is 7. The molecule has 0 fully saturated rings. The van der Waals surface area contributed by atoms with Gasteiger partial charge in [-0.3, -0.25) is 4.79 Å². The number of aliphatic hydroxyl groups excluding tert-OH is 2. The number of esters is 1. The van der Waals surface area contributed by atoms with Gasteiger partial charge in [0, 0.05) is 0 Å². The Labute approximate surface area is 122 Å². The summed E-state index contributed by atoms with van der Waals surface area (Å²) in [5.74, 6) is -4.12. The Morgan fingerprint density at radius 2 is 1.82 bits per heavy atom. The van der Waals surface area contributed by atoms with Gasteiger partial charge in [0.2, 0.25) is 0 Å². The molecule has 0 saturated carbocycles. The van der Waals surface area contributed by atoms with Gasteiger partial charge in [-0.1, -0.05) is 6.07 Å². The maximum absolute atomic E-state index is 13.0. The first-order chi connectivity index (χ1) is 10.0. The van der Waals surface area contributed by atoms with E-state index in [1.807, 2.05) is 0 Å². The Morgan fingerprint density at radius 1 is 1.27 bits per heavy atom. The molecule has 1 rings (SSSR count). The van der Waals surface area contributed by atoms with Crippen molar-refractivity contribution in [2.75, 3.05) is 13.2 Å². The topological polar surface area (TPSA) is 124 Å². The zero-order chi connectivity index (χ0) is 17.1. The zero-order valence-corrected chi connectivity index (χ0v) is 11.5. The molecule has 0 aliphatic carbocycles. The minimum Gasteiger partial charge on any atom is -0.744 e. The van der Waals surface area contributed by atoms with Gasteiger partial charge < -0.3 is 19.5 Å². The number of carbonyl (C=O) groups is 1. The van der Waals surface area contributed by atoms with Crippen molar-refractivity contribution in [1.82, 2.24) is 0 Å². The van der Waals surface area contributed by atoms with Crippen LogP contribution >= 0.6 is 0 Å². The number of benzene rings is 1. The van der Waals surface area contributed by atoms with E-state index in [1.54, 1.807) is 0 Å². The van der Waals surface area contributed by atoms with Crippen LogP contribution in [-0.4, -0.2) is 42.4 Å². The molecular formula is C11H10F3O7S-. The van der Waals surface area contributed by atoms with E-state index >= 15 is 0 Å². The van der Waals surface area contributed by atoms with Gasteiger partial charge in [-0.15, -0.1) is 0 Å². The second-order valence-corrected chi connectivity index (χ2v) is 5.41. The van der Waals surface area contributed by atoms with E-state index in [0.29, 0.717) is 12.1 Å². The van der Waals surface area contributed by atoms with Gasteiger partial charge in [0.1, 0.15) is 27.3 Å². The van der Waals surface area contributed by atoms with Crippen molar-refractivity contribution in [3.05, 3.63) is 23.8 Å². The van der Waals surface area contributed by atoms with E-state index in [9.17, 15) is 30.9 Å². The largest absolute Gasteiger partial charge is 0.744 e. The number of carbonyl (C=O) groups excluding carboxylic acids is 1. The summed E-state index contributed by atoms with van der Waals surface area (Å²) in [4.78, 5) is 9.89. The van der Waals surface area contributed by atoms with Crippen LogP contribution in [0.3, 0.4) is 0 Å². The van der Waals surface area contributed by atoms with Crippen LogP contribution in [0.4, 0.5) is 13.2 Å². The Kier molecular flexibility index (Phi) is 5.51. The van der Waals surface area contributed by atoms with E-state index < -0.39 is 57.6 Å². The van der Waals surface area contributed by atoms with Gasteiger partial charge in [-0.2, -0.15) is 13.2 Å². The van der Waals surface area contributed by atoms with Crippen LogP contribution in [0.1, 0.15) is 5.56 Å². The molecule has 7 nitrogen and oxygen atoms in total. The second-order valence-electron chi connectivity index (χ2n) is 4.06. The molecule has 0 aromatic heterocycles. The van der Waals surface area contributed by atoms with Crippen LogP contribution in [0.15, 0.2) is 23.1 Å². The summed E-state index contributed by atoms with van der Waals surface area (Å²) in [6, 6.07) is 1.86. The minimum atomic E-state index is -5.47. The van der Waals surface area contributed by atoms with Gasteiger partial charge in [0.15, 0.2) is 0 Å². The molecule has 1 aromatic rings. The summed E-state index contributed by atoms with van der Waals surface area (Å²) in [6.07, 6.45) is -5.28. The molecule has 2 N–H and O–H groups in total. The van der Waals surface area contributed by atoms with Gasteiger partial charge in [0.05, 0.1) is 18.1 Å². The van der Waals surface area contributed by atoms with Gasteiger partial charge in [-0.25, -0.2) is 8.42 Å². The summed E-state index contributed by atoms with van der Waals surface area (Å²) in [5, 5.41) is 17.5. The summed E-state index contributed by atoms with van der Waals surface area (Å²) in [5.41, 5.74) is -1.92. The fourth-order valence-corrected chi connectivity index (χ4v) is 2.19. The third-order valence-corrected chi connectivity index (χ3v) is 3.40. The van der Waals surface area contributed by atoms with E-state index in [0.717, 1.165) is 6.07 Å². The molecule has 0 saturated heterocycles. The first-order valence-electron chi connectivity index (χ1n) is 5.62. The average Bonchev–Trinajstić information content (AvgIpc) is 2.37. The third-order valence-electron chi connectivity index (χ3n) is 2.53. The molecular weight excluding hydrogens is 333 g/mol. The maximum Gasteiger partial charge on any atom is 0.421 e. The highest BCUT2D eigenvalue weighted by Crippen LogP contribution is 2.40. The average molecular weight is 343 g/mol. The fourth-order valence-electron chi connectivity index (χ4n) is 1.48. The lowest BCUT2D eigenvalue weighted by Gasteiger charge is -2.19. The zero-order valence-electron chi connectivity index (χ0n) is 10.7. The van der Waals surface area contributed by atoms with Crippen molar-refractivity contribution >= 4 is 16.1 Å². The van der Waals surface area contributed by atoms with E-state index in [2.05, 4.69) is 4.74 Å². The van der Waals surface area contributed by atoms with Crippen molar-refractivity contribution in [2.45, 2.75) is 11.1 Å². The highest BCUT2D eigenvalue weighted by Gasteiger charge is 2.39. The molecule has 124 valence electrons. The summed E-state index contributed by atoms with van der Waals surface area (Å²) >= 11 is 0. The fraction of sp³-hybridized carbons (Fsp3) is 0.364. The first kappa shape index (κ1) is 18.4. The second kappa shape index (κ2) is 6.60. The summed E-state index contributed by atoms with van der Waals surface area (Å²) in [7, 11) is -5.47. The lowest BCUT2D eigenvalue weighted by Crippen LogP contribution is -2.28. The maximum atomic E-state index is 13.0. The molecule has 1 aromatic carbocycles. The number of ether oxygens (including phenoxy) is 1. The predicted octanol–water partition coefficient (Wildman–Crippen LogP) is 0.116. The lowest BCUT2D eigenvalue weighted by atomic mass is 10.1. The molecule has 0 spiro atoms. The van der Waals surface area contributed by atoms with Crippen LogP contribution < -0.4 is 4.74 Å². The molecule has 11 heteroatoms. The van der Waals surface area contributed by atoms with Crippen molar-refractivity contribution in [2.24, 2.45) is 5.92 Å².